The van der Waals surface area contributed by atoms with Crippen LogP contribution in [0.25, 0.3) is 11.4 Å². The Morgan fingerprint density at radius 1 is 1.22 bits per heavy atom. The van der Waals surface area contributed by atoms with E-state index in [1.54, 1.807) is 30.8 Å². The average Bonchev–Trinajstić information content (AvgIpc) is 2.88. The lowest BCUT2D eigenvalue weighted by atomic mass is 10.1. The fourth-order valence-corrected chi connectivity index (χ4v) is 3.17. The van der Waals surface area contributed by atoms with Gasteiger partial charge in [0.15, 0.2) is 11.0 Å². The molecule has 2 aromatic rings. The Bertz CT molecular complexity index is 666. The number of unbranched alkanes of at least 4 members (excludes halogenated alkanes) is 1. The van der Waals surface area contributed by atoms with Gasteiger partial charge in [-0.25, -0.2) is 0 Å². The Morgan fingerprint density at radius 3 is 2.65 bits per heavy atom. The number of aryl methyl sites for hydroxylation is 1. The maximum absolute atomic E-state index is 11.5. The number of rotatable bonds is 7. The zero-order valence-electron chi connectivity index (χ0n) is 14.2. The molecular formula is C17H24N4OS. The van der Waals surface area contributed by atoms with Crippen molar-refractivity contribution in [3.05, 3.63) is 29.8 Å². The van der Waals surface area contributed by atoms with Crippen LogP contribution >= 0.6 is 11.8 Å². The van der Waals surface area contributed by atoms with Crippen molar-refractivity contribution in [1.29, 1.82) is 0 Å². The molecule has 0 saturated heterocycles. The molecular weight excluding hydrogens is 308 g/mol. The summed E-state index contributed by atoms with van der Waals surface area (Å²) in [6.45, 7) is 2.08. The smallest absolute Gasteiger partial charge is 0.222 e. The summed E-state index contributed by atoms with van der Waals surface area (Å²) < 4.78 is 2.04. The first kappa shape index (κ1) is 17.5. The molecule has 0 N–H and O–H groups in total. The zero-order chi connectivity index (χ0) is 16.8. The molecule has 23 heavy (non-hydrogen) atoms. The lowest BCUT2D eigenvalue weighted by Crippen LogP contribution is -2.21. The number of aromatic nitrogens is 3. The van der Waals surface area contributed by atoms with Crippen LogP contribution in [-0.2, 0) is 11.8 Å². The molecule has 5 nitrogen and oxygen atoms in total. The highest BCUT2D eigenvalue weighted by atomic mass is 32.2. The Kier molecular flexibility index (Phi) is 6.21. The van der Waals surface area contributed by atoms with Gasteiger partial charge in [-0.05, 0) is 25.3 Å². The van der Waals surface area contributed by atoms with E-state index in [2.05, 4.69) is 29.3 Å². The second-order valence-electron chi connectivity index (χ2n) is 5.77. The molecule has 0 saturated carbocycles. The minimum Gasteiger partial charge on any atom is -0.349 e. The first-order chi connectivity index (χ1) is 11.0. The minimum atomic E-state index is 0.190. The molecule has 124 valence electrons. The Hall–Kier alpha value is -1.82. The summed E-state index contributed by atoms with van der Waals surface area (Å²) in [5.74, 6) is 2.03. The van der Waals surface area contributed by atoms with Crippen LogP contribution < -0.4 is 0 Å². The van der Waals surface area contributed by atoms with Gasteiger partial charge in [-0.2, -0.15) is 0 Å². The van der Waals surface area contributed by atoms with Crippen molar-refractivity contribution in [3.8, 4) is 11.4 Å². The van der Waals surface area contributed by atoms with Crippen molar-refractivity contribution in [3.63, 3.8) is 0 Å². The Balaban J connectivity index is 1.88. The molecule has 0 bridgehead atoms. The SMILES string of the molecule is Cc1ccccc1-c1nnc(SCCCCC(=O)N(C)C)n1C. The maximum atomic E-state index is 11.5. The molecule has 1 aromatic heterocycles. The lowest BCUT2D eigenvalue weighted by Gasteiger charge is -2.09. The standard InChI is InChI=1S/C17H24N4OS/c1-13-9-5-6-10-14(13)16-18-19-17(21(16)4)23-12-8-7-11-15(22)20(2)3/h5-6,9-10H,7-8,11-12H2,1-4H3. The van der Waals surface area contributed by atoms with E-state index in [0.717, 1.165) is 35.1 Å². The fraction of sp³-hybridized carbons (Fsp3) is 0.471. The first-order valence-electron chi connectivity index (χ1n) is 7.79. The number of thioether (sulfide) groups is 1. The summed E-state index contributed by atoms with van der Waals surface area (Å²) in [5, 5.41) is 9.54. The largest absolute Gasteiger partial charge is 0.349 e. The quantitative estimate of drug-likeness (QED) is 0.577. The third-order valence-electron chi connectivity index (χ3n) is 3.74. The average molecular weight is 332 g/mol. The van der Waals surface area contributed by atoms with Crippen molar-refractivity contribution in [2.75, 3.05) is 19.8 Å². The van der Waals surface area contributed by atoms with Gasteiger partial charge in [-0.15, -0.1) is 10.2 Å². The topological polar surface area (TPSA) is 51.0 Å². The Labute approximate surface area is 142 Å². The van der Waals surface area contributed by atoms with E-state index in [9.17, 15) is 4.79 Å². The second kappa shape index (κ2) is 8.15. The van der Waals surface area contributed by atoms with Gasteiger partial charge in [0.1, 0.15) is 0 Å². The normalized spacial score (nSPS) is 10.8. The van der Waals surface area contributed by atoms with Crippen molar-refractivity contribution in [2.24, 2.45) is 7.05 Å². The second-order valence-corrected chi connectivity index (χ2v) is 6.84. The van der Waals surface area contributed by atoms with E-state index < -0.39 is 0 Å². The molecule has 0 aliphatic rings. The predicted molar refractivity (Wildman–Crippen MR) is 94.4 cm³/mol. The maximum Gasteiger partial charge on any atom is 0.222 e. The van der Waals surface area contributed by atoms with Crippen molar-refractivity contribution < 1.29 is 4.79 Å². The molecule has 0 fully saturated rings. The summed E-state index contributed by atoms with van der Waals surface area (Å²) in [5.41, 5.74) is 2.31. The molecule has 0 spiro atoms. The van der Waals surface area contributed by atoms with Gasteiger partial charge in [0, 0.05) is 38.9 Å². The van der Waals surface area contributed by atoms with E-state index >= 15 is 0 Å². The number of carbonyl (C=O) groups excluding carboxylic acids is 1. The number of nitrogens with zero attached hydrogens (tertiary/aromatic N) is 4. The van der Waals surface area contributed by atoms with Crippen LogP contribution in [0.4, 0.5) is 0 Å². The molecule has 2 rings (SSSR count). The van der Waals surface area contributed by atoms with Crippen LogP contribution in [0.15, 0.2) is 29.4 Å². The van der Waals surface area contributed by atoms with Crippen LogP contribution in [0.5, 0.6) is 0 Å². The molecule has 0 aliphatic carbocycles. The van der Waals surface area contributed by atoms with E-state index in [1.165, 1.54) is 5.56 Å². The fourth-order valence-electron chi connectivity index (χ4n) is 2.26. The summed E-state index contributed by atoms with van der Waals surface area (Å²) in [4.78, 5) is 13.2. The number of hydrogen-bond donors (Lipinski definition) is 0. The van der Waals surface area contributed by atoms with Gasteiger partial charge in [0.05, 0.1) is 0 Å². The molecule has 1 amide bonds. The molecule has 0 radical (unpaired) electrons. The van der Waals surface area contributed by atoms with E-state index in [-0.39, 0.29) is 5.91 Å². The number of hydrogen-bond acceptors (Lipinski definition) is 4. The highest BCUT2D eigenvalue weighted by Gasteiger charge is 2.12. The summed E-state index contributed by atoms with van der Waals surface area (Å²) in [6, 6.07) is 8.20. The molecule has 0 unspecified atom stereocenters. The van der Waals surface area contributed by atoms with Gasteiger partial charge >= 0.3 is 0 Å². The highest BCUT2D eigenvalue weighted by molar-refractivity contribution is 7.99. The zero-order valence-corrected chi connectivity index (χ0v) is 15.1. The van der Waals surface area contributed by atoms with Crippen LogP contribution in [0.3, 0.4) is 0 Å². The Morgan fingerprint density at radius 2 is 1.96 bits per heavy atom. The van der Waals surface area contributed by atoms with Gasteiger partial charge < -0.3 is 9.47 Å². The van der Waals surface area contributed by atoms with E-state index in [0.29, 0.717) is 6.42 Å². The van der Waals surface area contributed by atoms with Gasteiger partial charge in [-0.3, -0.25) is 4.79 Å². The summed E-state index contributed by atoms with van der Waals surface area (Å²) in [7, 11) is 5.59. The third kappa shape index (κ3) is 4.58. The summed E-state index contributed by atoms with van der Waals surface area (Å²) in [6.07, 6.45) is 2.52. The molecule has 1 heterocycles. The molecule has 6 heteroatoms. The van der Waals surface area contributed by atoms with Crippen LogP contribution in [0.1, 0.15) is 24.8 Å². The number of benzene rings is 1. The van der Waals surface area contributed by atoms with Crippen molar-refractivity contribution in [2.45, 2.75) is 31.3 Å². The molecule has 1 aromatic carbocycles. The van der Waals surface area contributed by atoms with Crippen LogP contribution in [0.2, 0.25) is 0 Å². The van der Waals surface area contributed by atoms with Crippen molar-refractivity contribution >= 4 is 17.7 Å². The third-order valence-corrected chi connectivity index (χ3v) is 4.84. The number of carbonyl (C=O) groups is 1. The molecule has 0 aliphatic heterocycles. The lowest BCUT2D eigenvalue weighted by molar-refractivity contribution is -0.128. The minimum absolute atomic E-state index is 0.190. The van der Waals surface area contributed by atoms with E-state index in [1.807, 2.05) is 23.7 Å². The van der Waals surface area contributed by atoms with Crippen LogP contribution in [-0.4, -0.2) is 45.4 Å². The summed E-state index contributed by atoms with van der Waals surface area (Å²) >= 11 is 1.69. The van der Waals surface area contributed by atoms with Gasteiger partial charge in [0.2, 0.25) is 5.91 Å². The van der Waals surface area contributed by atoms with E-state index in [4.69, 9.17) is 0 Å². The van der Waals surface area contributed by atoms with Gasteiger partial charge in [0.25, 0.3) is 0 Å². The molecule has 0 atom stereocenters. The monoisotopic (exact) mass is 332 g/mol. The first-order valence-corrected chi connectivity index (χ1v) is 8.77. The number of amides is 1. The van der Waals surface area contributed by atoms with Gasteiger partial charge in [-0.1, -0.05) is 36.0 Å². The van der Waals surface area contributed by atoms with Crippen molar-refractivity contribution in [1.82, 2.24) is 19.7 Å². The van der Waals surface area contributed by atoms with Crippen LogP contribution in [0, 0.1) is 6.92 Å². The predicted octanol–water partition coefficient (Wildman–Crippen LogP) is 3.14. The highest BCUT2D eigenvalue weighted by Crippen LogP contribution is 2.25.